The number of unbranched alkanes of at least 4 members (excludes halogenated alkanes) is 43. The summed E-state index contributed by atoms with van der Waals surface area (Å²) < 4.78 is 23.5. The minimum atomic E-state index is -4.34. The fourth-order valence-corrected chi connectivity index (χ4v) is 10.3. The Kier molecular flexibility index (Phi) is 53.0. The molecule has 0 heterocycles. The molecule has 0 bridgehead atoms. The van der Waals surface area contributed by atoms with E-state index < -0.39 is 20.0 Å². The zero-order valence-electron chi connectivity index (χ0n) is 48.2. The van der Waals surface area contributed by atoms with Crippen LogP contribution in [0.3, 0.4) is 0 Å². The predicted molar refractivity (Wildman–Crippen MR) is 309 cm³/mol. The number of nitrogens with one attached hydrogen (secondary N) is 1. The first-order valence-electron chi connectivity index (χ1n) is 31.2. The number of quaternary nitrogens is 1. The molecule has 0 radical (unpaired) electrons. The lowest BCUT2D eigenvalue weighted by Gasteiger charge is -2.25. The highest BCUT2D eigenvalue weighted by molar-refractivity contribution is 7.47. The maximum absolute atomic E-state index is 12.9. The standard InChI is InChI=1S/C62H123N2O6P/c1-6-8-10-12-14-16-17-18-19-20-21-22-23-24-25-26-27-28-29-30-31-32-33-34-35-36-37-38-39-40-41-42-43-44-45-46-47-48-50-52-54-56-62(66)63-60(59-70-71(67,68)69-58-57-64(3,4)5)61(65)55-53-51-49-15-13-11-9-7-2/h13,15,53,55,60-61,65H,6-12,14,16-52,54,56-59H2,1-5H3,(H-,63,66,67,68)/p+1/b15-13+,55-53+. The molecule has 422 valence electrons. The van der Waals surface area contributed by atoms with Crippen molar-refractivity contribution >= 4 is 13.7 Å². The van der Waals surface area contributed by atoms with E-state index in [0.717, 1.165) is 38.5 Å². The van der Waals surface area contributed by atoms with Crippen molar-refractivity contribution in [2.75, 3.05) is 40.9 Å². The first kappa shape index (κ1) is 70.0. The topological polar surface area (TPSA) is 105 Å². The first-order chi connectivity index (χ1) is 34.5. The smallest absolute Gasteiger partial charge is 0.387 e. The van der Waals surface area contributed by atoms with E-state index in [9.17, 15) is 19.4 Å². The van der Waals surface area contributed by atoms with Crippen LogP contribution in [-0.4, -0.2) is 73.4 Å². The monoisotopic (exact) mass is 1020 g/mol. The number of phosphoric ester groups is 1. The molecule has 0 aliphatic heterocycles. The number of nitrogens with zero attached hydrogens (tertiary/aromatic N) is 1. The Balaban J connectivity index is 3.69. The molecule has 0 rings (SSSR count). The molecule has 8 nitrogen and oxygen atoms in total. The Morgan fingerprint density at radius 3 is 1.11 bits per heavy atom. The van der Waals surface area contributed by atoms with Crippen LogP contribution in [0.4, 0.5) is 0 Å². The van der Waals surface area contributed by atoms with Crippen LogP contribution in [0.25, 0.3) is 0 Å². The highest BCUT2D eigenvalue weighted by Crippen LogP contribution is 2.43. The molecule has 9 heteroatoms. The molecular formula is C62H124N2O6P+. The van der Waals surface area contributed by atoms with Gasteiger partial charge in [0.25, 0.3) is 0 Å². The highest BCUT2D eigenvalue weighted by atomic mass is 31.2. The molecule has 0 spiro atoms. The van der Waals surface area contributed by atoms with Crippen molar-refractivity contribution in [2.45, 2.75) is 328 Å². The molecule has 0 saturated carbocycles. The van der Waals surface area contributed by atoms with Gasteiger partial charge in [-0.25, -0.2) is 4.57 Å². The van der Waals surface area contributed by atoms with Gasteiger partial charge in [-0.2, -0.15) is 0 Å². The summed E-state index contributed by atoms with van der Waals surface area (Å²) in [5.41, 5.74) is 0. The van der Waals surface area contributed by atoms with Gasteiger partial charge in [-0.3, -0.25) is 13.8 Å². The van der Waals surface area contributed by atoms with Gasteiger partial charge in [0.1, 0.15) is 13.2 Å². The number of amides is 1. The molecule has 0 aromatic rings. The zero-order valence-corrected chi connectivity index (χ0v) is 49.1. The van der Waals surface area contributed by atoms with Gasteiger partial charge in [0.05, 0.1) is 39.9 Å². The quantitative estimate of drug-likeness (QED) is 0.0243. The second-order valence-electron chi connectivity index (χ2n) is 22.8. The van der Waals surface area contributed by atoms with E-state index in [1.54, 1.807) is 6.08 Å². The number of hydrogen-bond donors (Lipinski definition) is 3. The third-order valence-electron chi connectivity index (χ3n) is 14.4. The summed E-state index contributed by atoms with van der Waals surface area (Å²) in [6, 6.07) is -0.858. The number of carbonyl (C=O) groups excluding carboxylic acids is 1. The van der Waals surface area contributed by atoms with Gasteiger partial charge >= 0.3 is 7.82 Å². The summed E-state index contributed by atoms with van der Waals surface area (Å²) in [5, 5.41) is 13.8. The van der Waals surface area contributed by atoms with Crippen molar-refractivity contribution in [1.82, 2.24) is 5.32 Å². The van der Waals surface area contributed by atoms with E-state index in [1.807, 2.05) is 27.2 Å². The minimum absolute atomic E-state index is 0.0579. The minimum Gasteiger partial charge on any atom is -0.387 e. The van der Waals surface area contributed by atoms with Crippen LogP contribution in [0, 0.1) is 0 Å². The number of hydrogen-bond acceptors (Lipinski definition) is 5. The maximum atomic E-state index is 12.9. The third-order valence-corrected chi connectivity index (χ3v) is 15.4. The number of rotatable bonds is 58. The van der Waals surface area contributed by atoms with Crippen molar-refractivity contribution in [3.63, 3.8) is 0 Å². The molecule has 0 aromatic heterocycles. The Morgan fingerprint density at radius 1 is 0.465 bits per heavy atom. The van der Waals surface area contributed by atoms with Crippen LogP contribution in [0.5, 0.6) is 0 Å². The maximum Gasteiger partial charge on any atom is 0.472 e. The van der Waals surface area contributed by atoms with Crippen LogP contribution < -0.4 is 5.32 Å². The molecular weight excluding hydrogens is 900 g/mol. The first-order valence-corrected chi connectivity index (χ1v) is 32.7. The van der Waals surface area contributed by atoms with Crippen LogP contribution in [0.1, 0.15) is 316 Å². The Labute approximate surface area is 443 Å². The largest absolute Gasteiger partial charge is 0.472 e. The average Bonchev–Trinajstić information content (AvgIpc) is 3.33. The van der Waals surface area contributed by atoms with Gasteiger partial charge in [-0.1, -0.05) is 308 Å². The summed E-state index contributed by atoms with van der Waals surface area (Å²) in [7, 11) is 1.56. The molecule has 3 unspecified atom stereocenters. The van der Waals surface area contributed by atoms with Crippen molar-refractivity contribution in [3.05, 3.63) is 24.3 Å². The molecule has 0 saturated heterocycles. The Bertz CT molecular complexity index is 1210. The lowest BCUT2D eigenvalue weighted by Crippen LogP contribution is -2.45. The van der Waals surface area contributed by atoms with Crippen molar-refractivity contribution in [1.29, 1.82) is 0 Å². The molecule has 0 aliphatic carbocycles. The number of phosphoric acid groups is 1. The molecule has 71 heavy (non-hydrogen) atoms. The van der Waals surface area contributed by atoms with Gasteiger partial charge in [0.15, 0.2) is 0 Å². The fraction of sp³-hybridized carbons (Fsp3) is 0.919. The van der Waals surface area contributed by atoms with Crippen LogP contribution >= 0.6 is 7.82 Å². The molecule has 0 aliphatic rings. The summed E-state index contributed by atoms with van der Waals surface area (Å²) >= 11 is 0. The van der Waals surface area contributed by atoms with Gasteiger partial charge < -0.3 is 19.8 Å². The molecule has 1 amide bonds. The van der Waals surface area contributed by atoms with E-state index in [1.165, 1.54) is 257 Å². The van der Waals surface area contributed by atoms with E-state index in [4.69, 9.17) is 9.05 Å². The second kappa shape index (κ2) is 53.8. The van der Waals surface area contributed by atoms with E-state index in [-0.39, 0.29) is 19.1 Å². The van der Waals surface area contributed by atoms with Crippen LogP contribution in [0.2, 0.25) is 0 Å². The van der Waals surface area contributed by atoms with E-state index >= 15 is 0 Å². The van der Waals surface area contributed by atoms with Crippen molar-refractivity contribution < 1.29 is 32.9 Å². The summed E-state index contributed by atoms with van der Waals surface area (Å²) in [4.78, 5) is 23.1. The lowest BCUT2D eigenvalue weighted by atomic mass is 10.0. The lowest BCUT2D eigenvalue weighted by molar-refractivity contribution is -0.870. The van der Waals surface area contributed by atoms with Crippen LogP contribution in [0.15, 0.2) is 24.3 Å². The Hall–Kier alpha value is -1.02. The number of aliphatic hydroxyl groups is 1. The number of aliphatic hydroxyl groups excluding tert-OH is 1. The zero-order chi connectivity index (χ0) is 52.0. The fourth-order valence-electron chi connectivity index (χ4n) is 9.52. The second-order valence-corrected chi connectivity index (χ2v) is 24.2. The highest BCUT2D eigenvalue weighted by Gasteiger charge is 2.27. The molecule has 0 aromatic carbocycles. The average molecular weight is 1020 g/mol. The van der Waals surface area contributed by atoms with Gasteiger partial charge in [0.2, 0.25) is 5.91 Å². The van der Waals surface area contributed by atoms with Crippen molar-refractivity contribution in [3.8, 4) is 0 Å². The van der Waals surface area contributed by atoms with Gasteiger partial charge in [-0.15, -0.1) is 0 Å². The normalized spacial score (nSPS) is 14.0. The predicted octanol–water partition coefficient (Wildman–Crippen LogP) is 19.2. The van der Waals surface area contributed by atoms with Gasteiger partial charge in [-0.05, 0) is 25.7 Å². The summed E-state index contributed by atoms with van der Waals surface area (Å²) in [6.07, 6.45) is 69.4. The van der Waals surface area contributed by atoms with E-state index in [2.05, 4.69) is 31.3 Å². The molecule has 3 atom stereocenters. The Morgan fingerprint density at radius 2 is 0.775 bits per heavy atom. The summed E-state index contributed by atoms with van der Waals surface area (Å²) in [5.74, 6) is -0.185. The molecule has 3 N–H and O–H groups in total. The molecule has 0 fully saturated rings. The van der Waals surface area contributed by atoms with Gasteiger partial charge in [0, 0.05) is 6.42 Å². The number of likely N-dealkylation sites (N-methyl/N-ethyl adjacent to an activating group) is 1. The number of allylic oxidation sites excluding steroid dienone is 3. The summed E-state index contributed by atoms with van der Waals surface area (Å²) in [6.45, 7) is 4.75. The van der Waals surface area contributed by atoms with Crippen molar-refractivity contribution in [2.24, 2.45) is 0 Å². The third kappa shape index (κ3) is 56.5. The van der Waals surface area contributed by atoms with Crippen LogP contribution in [-0.2, 0) is 18.4 Å². The van der Waals surface area contributed by atoms with E-state index in [0.29, 0.717) is 17.4 Å². The number of carbonyl (C=O) groups is 1. The SMILES string of the molecule is CCCC/C=C/CC/C=C/C(O)C(COP(=O)(O)OCC[N+](C)(C)C)NC(=O)CCCCCCCCCCCCCCCCCCCCCCCCCCCCCCCCCCCCCCCCCCC.